The van der Waals surface area contributed by atoms with Crippen LogP contribution >= 0.6 is 10.8 Å². The monoisotopic (exact) mass is 373 g/mol. The number of rotatable bonds is 6. The maximum Gasteiger partial charge on any atom is 0.273 e. The molecule has 2 heterocycles. The van der Waals surface area contributed by atoms with Crippen LogP contribution in [0.2, 0.25) is 0 Å². The number of piperidine rings is 1. The Morgan fingerprint density at radius 1 is 1.48 bits per heavy atom. The zero-order valence-electron chi connectivity index (χ0n) is 15.1. The van der Waals surface area contributed by atoms with E-state index in [9.17, 15) is 13.9 Å². The molecule has 2 atom stereocenters. The lowest BCUT2D eigenvalue weighted by atomic mass is 10.0. The van der Waals surface area contributed by atoms with Gasteiger partial charge in [-0.3, -0.25) is 13.9 Å². The van der Waals surface area contributed by atoms with Gasteiger partial charge in [0.2, 0.25) is 0 Å². The maximum absolute atomic E-state index is 12.4. The quantitative estimate of drug-likeness (QED) is 0.703. The summed E-state index contributed by atoms with van der Waals surface area (Å²) in [5.74, 6) is 1.63. The Morgan fingerprint density at radius 2 is 2.20 bits per heavy atom. The fourth-order valence-corrected chi connectivity index (χ4v) is 5.62. The van der Waals surface area contributed by atoms with Gasteiger partial charge in [0.1, 0.15) is 5.76 Å². The van der Waals surface area contributed by atoms with Gasteiger partial charge in [-0.15, -0.1) is 10.8 Å². The molecule has 144 valence electrons. The predicted molar refractivity (Wildman–Crippen MR) is 99.8 cm³/mol. The number of aromatic nitrogens is 1. The smallest absolute Gasteiger partial charge is 0.273 e. The van der Waals surface area contributed by atoms with E-state index in [4.69, 9.17) is 4.52 Å². The van der Waals surface area contributed by atoms with Crippen LogP contribution in [0.25, 0.3) is 0 Å². The Balaban J connectivity index is 0.00000243. The molecule has 1 aromatic heterocycles. The van der Waals surface area contributed by atoms with Crippen LogP contribution in [0.4, 0.5) is 0 Å². The molecular formula is C17H31N3O4S. The van der Waals surface area contributed by atoms with Crippen LogP contribution in [-0.4, -0.2) is 48.9 Å². The van der Waals surface area contributed by atoms with Gasteiger partial charge in [0.25, 0.3) is 5.91 Å². The second kappa shape index (κ2) is 7.26. The summed E-state index contributed by atoms with van der Waals surface area (Å²) in [6, 6.07) is 1.75. The molecule has 7 nitrogen and oxygen atoms in total. The highest BCUT2D eigenvalue weighted by atomic mass is 32.3. The minimum atomic E-state index is -2.74. The molecular weight excluding hydrogens is 342 g/mol. The SMILES string of the molecule is CC(C)CS(O)(O)N1CC[C@H](NC(=O)c2cc(C3CC3)on2)C[C@@H]1C.[HH]. The molecule has 0 unspecified atom stereocenters. The summed E-state index contributed by atoms with van der Waals surface area (Å²) in [7, 11) is -2.74. The van der Waals surface area contributed by atoms with E-state index in [0.717, 1.165) is 18.6 Å². The Bertz CT molecular complexity index is 621. The summed E-state index contributed by atoms with van der Waals surface area (Å²) in [6.07, 6.45) is 3.59. The molecule has 0 spiro atoms. The lowest BCUT2D eigenvalue weighted by molar-refractivity contribution is 0.0903. The van der Waals surface area contributed by atoms with E-state index in [1.54, 1.807) is 10.4 Å². The van der Waals surface area contributed by atoms with Crippen LogP contribution in [0.5, 0.6) is 0 Å². The topological polar surface area (TPSA) is 98.8 Å². The molecule has 1 aliphatic heterocycles. The molecule has 0 radical (unpaired) electrons. The normalized spacial score (nSPS) is 26.0. The highest BCUT2D eigenvalue weighted by Crippen LogP contribution is 2.48. The first kappa shape index (κ1) is 18.7. The number of amides is 1. The Labute approximate surface area is 152 Å². The number of hydrogen-bond donors (Lipinski definition) is 3. The second-order valence-corrected chi connectivity index (χ2v) is 9.83. The van der Waals surface area contributed by atoms with Gasteiger partial charge in [-0.2, -0.15) is 0 Å². The fraction of sp³-hybridized carbons (Fsp3) is 0.765. The summed E-state index contributed by atoms with van der Waals surface area (Å²) in [5, 5.41) is 6.88. The Hall–Kier alpha value is -1.09. The highest BCUT2D eigenvalue weighted by molar-refractivity contribution is 8.22. The van der Waals surface area contributed by atoms with E-state index in [1.165, 1.54) is 0 Å². The van der Waals surface area contributed by atoms with Gasteiger partial charge >= 0.3 is 0 Å². The standard InChI is InChI=1S/C17H29N3O4S.H2/c1-11(2)10-25(22,23)20-7-6-14(8-12(20)3)18-17(21)15-9-16(24-19-15)13-4-5-13;/h9,11-14,22-23H,4-8,10H2,1-3H3,(H,18,21);1H/t12-,14-;/m0./s1. The summed E-state index contributed by atoms with van der Waals surface area (Å²) in [6.45, 7) is 6.51. The molecule has 3 rings (SSSR count). The molecule has 1 amide bonds. The van der Waals surface area contributed by atoms with Crippen LogP contribution in [-0.2, 0) is 0 Å². The van der Waals surface area contributed by atoms with E-state index < -0.39 is 10.8 Å². The van der Waals surface area contributed by atoms with Crippen LogP contribution in [0, 0.1) is 5.92 Å². The lowest BCUT2D eigenvalue weighted by Crippen LogP contribution is -2.50. The molecule has 1 aromatic rings. The van der Waals surface area contributed by atoms with Crippen LogP contribution in [0.3, 0.4) is 0 Å². The van der Waals surface area contributed by atoms with E-state index in [2.05, 4.69) is 10.5 Å². The van der Waals surface area contributed by atoms with Crippen LogP contribution < -0.4 is 5.32 Å². The Morgan fingerprint density at radius 3 is 2.80 bits per heavy atom. The zero-order valence-corrected chi connectivity index (χ0v) is 16.0. The van der Waals surface area contributed by atoms with Crippen molar-refractivity contribution < 1.29 is 19.8 Å². The number of nitrogens with one attached hydrogen (secondary N) is 1. The summed E-state index contributed by atoms with van der Waals surface area (Å²) in [5.41, 5.74) is 0.334. The van der Waals surface area contributed by atoms with Gasteiger partial charge in [0, 0.05) is 32.0 Å². The second-order valence-electron chi connectivity index (χ2n) is 7.77. The van der Waals surface area contributed by atoms with Gasteiger partial charge in [0.05, 0.1) is 5.75 Å². The van der Waals surface area contributed by atoms with E-state index in [1.807, 2.05) is 20.8 Å². The third-order valence-corrected chi connectivity index (χ3v) is 7.23. The third kappa shape index (κ3) is 4.55. The number of nitrogens with zero attached hydrogens (tertiary/aromatic N) is 2. The van der Waals surface area contributed by atoms with Crippen LogP contribution in [0.15, 0.2) is 10.6 Å². The van der Waals surface area contributed by atoms with Crippen molar-refractivity contribution in [2.24, 2.45) is 5.92 Å². The van der Waals surface area contributed by atoms with Gasteiger partial charge in [-0.25, -0.2) is 4.31 Å². The molecule has 0 aromatic carbocycles. The largest absolute Gasteiger partial charge is 0.360 e. The molecule has 0 bridgehead atoms. The van der Waals surface area contributed by atoms with Gasteiger partial charge < -0.3 is 9.84 Å². The van der Waals surface area contributed by atoms with Crippen molar-refractivity contribution in [3.63, 3.8) is 0 Å². The average Bonchev–Trinajstić information content (AvgIpc) is 3.22. The molecule has 1 saturated carbocycles. The Kier molecular flexibility index (Phi) is 5.43. The molecule has 8 heteroatoms. The number of hydrogen-bond acceptors (Lipinski definition) is 6. The van der Waals surface area contributed by atoms with E-state index >= 15 is 0 Å². The van der Waals surface area contributed by atoms with E-state index in [0.29, 0.717) is 36.8 Å². The number of carbonyl (C=O) groups is 1. The van der Waals surface area contributed by atoms with E-state index in [-0.39, 0.29) is 25.3 Å². The third-order valence-electron chi connectivity index (χ3n) is 4.82. The van der Waals surface area contributed by atoms with Gasteiger partial charge in [-0.1, -0.05) is 19.0 Å². The molecule has 2 fully saturated rings. The first-order valence-corrected chi connectivity index (χ1v) is 10.7. The summed E-state index contributed by atoms with van der Waals surface area (Å²) >= 11 is 0. The van der Waals surface area contributed by atoms with Crippen molar-refractivity contribution >= 4 is 16.7 Å². The van der Waals surface area contributed by atoms with Crippen molar-refractivity contribution in [2.45, 2.75) is 64.5 Å². The fourth-order valence-electron chi connectivity index (χ4n) is 3.47. The molecule has 3 N–H and O–H groups in total. The van der Waals surface area contributed by atoms with Crippen molar-refractivity contribution in [1.29, 1.82) is 0 Å². The number of carbonyl (C=O) groups excluding carboxylic acids is 1. The van der Waals surface area contributed by atoms with Crippen LogP contribution in [0.1, 0.15) is 70.0 Å². The van der Waals surface area contributed by atoms with Gasteiger partial charge in [0.15, 0.2) is 5.69 Å². The summed E-state index contributed by atoms with van der Waals surface area (Å²) < 4.78 is 27.9. The predicted octanol–water partition coefficient (Wildman–Crippen LogP) is 3.70. The minimum absolute atomic E-state index is 0. The maximum atomic E-state index is 12.4. The van der Waals surface area contributed by atoms with Crippen molar-refractivity contribution in [2.75, 3.05) is 12.3 Å². The lowest BCUT2D eigenvalue weighted by Gasteiger charge is -2.50. The first-order valence-electron chi connectivity index (χ1n) is 9.06. The summed E-state index contributed by atoms with van der Waals surface area (Å²) in [4.78, 5) is 12.4. The minimum Gasteiger partial charge on any atom is -0.360 e. The molecule has 1 aliphatic carbocycles. The van der Waals surface area contributed by atoms with Crippen molar-refractivity contribution in [3.05, 3.63) is 17.5 Å². The highest BCUT2D eigenvalue weighted by Gasteiger charge is 2.35. The average molecular weight is 374 g/mol. The van der Waals surface area contributed by atoms with Gasteiger partial charge in [-0.05, 0) is 38.5 Å². The van der Waals surface area contributed by atoms with Crippen molar-refractivity contribution in [1.82, 2.24) is 14.8 Å². The zero-order chi connectivity index (χ0) is 18.2. The first-order chi connectivity index (χ1) is 11.8. The molecule has 2 aliphatic rings. The van der Waals surface area contributed by atoms with Crippen molar-refractivity contribution in [3.8, 4) is 0 Å². The molecule has 1 saturated heterocycles. The molecule has 25 heavy (non-hydrogen) atoms.